The van der Waals surface area contributed by atoms with Gasteiger partial charge in [0.25, 0.3) is 0 Å². The van der Waals surface area contributed by atoms with Gasteiger partial charge >= 0.3 is 6.09 Å². The van der Waals surface area contributed by atoms with Crippen molar-refractivity contribution in [3.63, 3.8) is 0 Å². The van der Waals surface area contributed by atoms with Crippen LogP contribution in [0.5, 0.6) is 0 Å². The van der Waals surface area contributed by atoms with Crippen LogP contribution in [-0.4, -0.2) is 92.0 Å². The van der Waals surface area contributed by atoms with Crippen molar-refractivity contribution >= 4 is 33.4 Å². The van der Waals surface area contributed by atoms with E-state index in [-0.39, 0.29) is 47.9 Å². The number of sulfone groups is 1. The Balaban J connectivity index is 1.07. The van der Waals surface area contributed by atoms with Crippen LogP contribution in [0.15, 0.2) is 10.3 Å². The molecule has 0 aromatic rings. The molecule has 3 aliphatic heterocycles. The van der Waals surface area contributed by atoms with E-state index in [1.165, 1.54) is 6.26 Å². The Morgan fingerprint density at radius 2 is 1.72 bits per heavy atom. The third kappa shape index (κ3) is 5.76. The molecular formula is C24H38ClN5O5S. The van der Waals surface area contributed by atoms with Gasteiger partial charge in [0, 0.05) is 43.7 Å². The lowest BCUT2D eigenvalue weighted by Gasteiger charge is -2.32. The number of carbonyl (C=O) groups is 2. The van der Waals surface area contributed by atoms with Gasteiger partial charge in [-0.05, 0) is 69.1 Å². The number of likely N-dealkylation sites (tertiary alicyclic amines) is 2. The monoisotopic (exact) mass is 543 g/mol. The van der Waals surface area contributed by atoms with Crippen molar-refractivity contribution in [1.82, 2.24) is 15.2 Å². The summed E-state index contributed by atoms with van der Waals surface area (Å²) in [6.45, 7) is 2.99. The fourth-order valence-corrected chi connectivity index (χ4v) is 8.66. The van der Waals surface area contributed by atoms with Gasteiger partial charge in [-0.15, -0.1) is 11.6 Å². The summed E-state index contributed by atoms with van der Waals surface area (Å²) in [5.74, 6) is 1.09. The molecule has 10 nitrogen and oxygen atoms in total. The van der Waals surface area contributed by atoms with Crippen molar-refractivity contribution in [2.24, 2.45) is 34.0 Å². The van der Waals surface area contributed by atoms with Crippen molar-refractivity contribution in [2.75, 3.05) is 39.0 Å². The molecule has 8 unspecified atom stereocenters. The predicted octanol–water partition coefficient (Wildman–Crippen LogP) is 2.62. The standard InChI is InChI=1S/C24H38ClN5O5S/c1-36(33,34)20-9-15(8-19(25)11-20)14-35-24(32)29-6-4-17-12-30(13-18(17)5-7-29)23(31)16-2-3-21-22(10-16)27-28-26-21/h15-22H,2-14H2,1H3,(H,26,27). The number of ether oxygens (including phenoxy) is 1. The van der Waals surface area contributed by atoms with Crippen LogP contribution >= 0.6 is 11.6 Å². The van der Waals surface area contributed by atoms with E-state index in [1.807, 2.05) is 0 Å². The number of fused-ring (bicyclic) bond motifs is 2. The number of nitrogens with one attached hydrogen (secondary N) is 1. The van der Waals surface area contributed by atoms with E-state index < -0.39 is 15.1 Å². The summed E-state index contributed by atoms with van der Waals surface area (Å²) in [5, 5.41) is 7.48. The molecule has 0 bridgehead atoms. The first-order valence-electron chi connectivity index (χ1n) is 13.4. The number of nitrogens with zero attached hydrogens (tertiary/aromatic N) is 4. The molecular weight excluding hydrogens is 506 g/mol. The highest BCUT2D eigenvalue weighted by molar-refractivity contribution is 7.91. The summed E-state index contributed by atoms with van der Waals surface area (Å²) >= 11 is 6.30. The summed E-state index contributed by atoms with van der Waals surface area (Å²) < 4.78 is 29.6. The van der Waals surface area contributed by atoms with Gasteiger partial charge in [0.05, 0.1) is 23.9 Å². The van der Waals surface area contributed by atoms with E-state index >= 15 is 0 Å². The number of hydrogen-bond acceptors (Lipinski definition) is 8. The van der Waals surface area contributed by atoms with Crippen LogP contribution in [-0.2, 0) is 19.4 Å². The fourth-order valence-electron chi connectivity index (χ4n) is 6.88. The maximum atomic E-state index is 13.2. The molecule has 2 saturated carbocycles. The number of amides is 2. The highest BCUT2D eigenvalue weighted by atomic mass is 35.5. The highest BCUT2D eigenvalue weighted by Crippen LogP contribution is 2.36. The van der Waals surface area contributed by atoms with Crippen LogP contribution in [0.4, 0.5) is 4.79 Å². The number of alkyl halides is 1. The minimum absolute atomic E-state index is 0.0345. The van der Waals surface area contributed by atoms with Gasteiger partial charge in [-0.1, -0.05) is 5.22 Å². The van der Waals surface area contributed by atoms with Crippen LogP contribution < -0.4 is 5.43 Å². The average molecular weight is 544 g/mol. The summed E-state index contributed by atoms with van der Waals surface area (Å²) in [5.41, 5.74) is 3.05. The summed E-state index contributed by atoms with van der Waals surface area (Å²) in [4.78, 5) is 29.9. The van der Waals surface area contributed by atoms with E-state index in [4.69, 9.17) is 16.3 Å². The van der Waals surface area contributed by atoms with Gasteiger partial charge < -0.3 is 14.5 Å². The zero-order chi connectivity index (χ0) is 25.4. The van der Waals surface area contributed by atoms with Crippen LogP contribution in [0.1, 0.15) is 51.4 Å². The van der Waals surface area contributed by atoms with Crippen LogP contribution in [0, 0.1) is 23.7 Å². The molecule has 202 valence electrons. The van der Waals surface area contributed by atoms with Crippen LogP contribution in [0.3, 0.4) is 0 Å². The second kappa shape index (κ2) is 10.6. The third-order valence-corrected chi connectivity index (χ3v) is 11.0. The first kappa shape index (κ1) is 26.0. The van der Waals surface area contributed by atoms with Gasteiger partial charge in [-0.3, -0.25) is 10.2 Å². The summed E-state index contributed by atoms with van der Waals surface area (Å²) in [7, 11) is -3.16. The number of halogens is 1. The Bertz CT molecular complexity index is 964. The topological polar surface area (TPSA) is 121 Å². The predicted molar refractivity (Wildman–Crippen MR) is 134 cm³/mol. The van der Waals surface area contributed by atoms with E-state index in [2.05, 4.69) is 20.7 Å². The second-order valence-electron chi connectivity index (χ2n) is 11.6. The van der Waals surface area contributed by atoms with E-state index in [0.717, 1.165) is 45.2 Å². The molecule has 8 atom stereocenters. The Morgan fingerprint density at radius 1 is 1.00 bits per heavy atom. The van der Waals surface area contributed by atoms with Crippen molar-refractivity contribution in [1.29, 1.82) is 0 Å². The fraction of sp³-hybridized carbons (Fsp3) is 0.917. The normalized spacial score (nSPS) is 38.6. The summed E-state index contributed by atoms with van der Waals surface area (Å²) in [6.07, 6.45) is 6.86. The van der Waals surface area contributed by atoms with Crippen LogP contribution in [0.2, 0.25) is 0 Å². The zero-order valence-electron chi connectivity index (χ0n) is 20.9. The molecule has 1 N–H and O–H groups in total. The molecule has 5 rings (SSSR count). The SMILES string of the molecule is CS(=O)(=O)C1CC(Cl)CC(COC(=O)N2CCC3CN(C(=O)C4CCC5N=NNC5C4)CC3CC2)C1. The van der Waals surface area contributed by atoms with Gasteiger partial charge in [0.1, 0.15) is 9.84 Å². The van der Waals surface area contributed by atoms with Crippen molar-refractivity contribution in [2.45, 2.75) is 74.1 Å². The Morgan fingerprint density at radius 3 is 2.42 bits per heavy atom. The van der Waals surface area contributed by atoms with E-state index in [0.29, 0.717) is 44.2 Å². The molecule has 2 saturated heterocycles. The Hall–Kier alpha value is -1.62. The van der Waals surface area contributed by atoms with Gasteiger partial charge in [-0.25, -0.2) is 13.2 Å². The second-order valence-corrected chi connectivity index (χ2v) is 14.5. The highest BCUT2D eigenvalue weighted by Gasteiger charge is 2.43. The molecule has 0 spiro atoms. The molecule has 3 heterocycles. The Labute approximate surface area is 218 Å². The molecule has 2 aliphatic carbocycles. The van der Waals surface area contributed by atoms with Gasteiger partial charge in [0.15, 0.2) is 0 Å². The quantitative estimate of drug-likeness (QED) is 0.544. The molecule has 5 aliphatic rings. The maximum Gasteiger partial charge on any atom is 0.409 e. The molecule has 2 amide bonds. The van der Waals surface area contributed by atoms with Crippen LogP contribution in [0.25, 0.3) is 0 Å². The lowest BCUT2D eigenvalue weighted by atomic mass is 9.82. The van der Waals surface area contributed by atoms with Crippen molar-refractivity contribution < 1.29 is 22.7 Å². The van der Waals surface area contributed by atoms with Gasteiger partial charge in [-0.2, -0.15) is 5.11 Å². The lowest BCUT2D eigenvalue weighted by molar-refractivity contribution is -0.136. The first-order chi connectivity index (χ1) is 17.2. The number of hydrogen-bond donors (Lipinski definition) is 1. The smallest absolute Gasteiger partial charge is 0.409 e. The zero-order valence-corrected chi connectivity index (χ0v) is 22.5. The molecule has 0 radical (unpaired) electrons. The summed E-state index contributed by atoms with van der Waals surface area (Å²) in [6, 6.07) is 0.418. The molecule has 36 heavy (non-hydrogen) atoms. The Kier molecular flexibility index (Phi) is 7.68. The molecule has 0 aromatic heterocycles. The third-order valence-electron chi connectivity index (χ3n) is 9.03. The van der Waals surface area contributed by atoms with E-state index in [9.17, 15) is 18.0 Å². The molecule has 0 aromatic carbocycles. The largest absolute Gasteiger partial charge is 0.449 e. The minimum atomic E-state index is -3.16. The maximum absolute atomic E-state index is 13.2. The van der Waals surface area contributed by atoms with Gasteiger partial charge in [0.2, 0.25) is 5.91 Å². The lowest BCUT2D eigenvalue weighted by Crippen LogP contribution is -2.44. The van der Waals surface area contributed by atoms with Crippen molar-refractivity contribution in [3.05, 3.63) is 0 Å². The number of carbonyl (C=O) groups excluding carboxylic acids is 2. The first-order valence-corrected chi connectivity index (χ1v) is 15.7. The molecule has 12 heteroatoms. The van der Waals surface area contributed by atoms with Crippen molar-refractivity contribution in [3.8, 4) is 0 Å². The molecule has 4 fully saturated rings. The minimum Gasteiger partial charge on any atom is -0.449 e. The van der Waals surface area contributed by atoms with E-state index in [1.54, 1.807) is 4.90 Å². The average Bonchev–Trinajstić information content (AvgIpc) is 3.43. The number of rotatable bonds is 4.